The van der Waals surface area contributed by atoms with Crippen molar-refractivity contribution in [2.75, 3.05) is 18.5 Å². The fraction of sp³-hybridized carbons (Fsp3) is 0.222. The number of nitrogens with zero attached hydrogens (tertiary/aromatic N) is 1. The second-order valence-corrected chi connectivity index (χ2v) is 6.04. The Labute approximate surface area is 150 Å². The maximum absolute atomic E-state index is 12.1. The van der Waals surface area contributed by atoms with Crippen molar-refractivity contribution in [3.05, 3.63) is 64.7 Å². The summed E-state index contributed by atoms with van der Waals surface area (Å²) in [5, 5.41) is 6.16. The zero-order valence-electron chi connectivity index (χ0n) is 13.5. The fourth-order valence-electron chi connectivity index (χ4n) is 2.53. The van der Waals surface area contributed by atoms with Crippen LogP contribution < -0.4 is 10.6 Å². The van der Waals surface area contributed by atoms with Gasteiger partial charge in [0.1, 0.15) is 6.61 Å². The zero-order valence-corrected chi connectivity index (χ0v) is 14.3. The Hall–Kier alpha value is -2.73. The molecule has 6 nitrogen and oxygen atoms in total. The van der Waals surface area contributed by atoms with Gasteiger partial charge in [0.2, 0.25) is 0 Å². The lowest BCUT2D eigenvalue weighted by atomic mass is 10.2. The molecule has 0 aromatic heterocycles. The van der Waals surface area contributed by atoms with Gasteiger partial charge in [-0.1, -0.05) is 41.9 Å². The molecule has 2 aromatic rings. The highest BCUT2D eigenvalue weighted by Gasteiger charge is 2.21. The molecule has 1 aliphatic rings. The lowest BCUT2D eigenvalue weighted by molar-refractivity contribution is 0.157. The van der Waals surface area contributed by atoms with Crippen LogP contribution in [0.5, 0.6) is 0 Å². The van der Waals surface area contributed by atoms with Crippen molar-refractivity contribution in [3.63, 3.8) is 0 Å². The summed E-state index contributed by atoms with van der Waals surface area (Å²) < 4.78 is 4.91. The minimum Gasteiger partial charge on any atom is -0.448 e. The van der Waals surface area contributed by atoms with Gasteiger partial charge in [0.05, 0.1) is 6.54 Å². The van der Waals surface area contributed by atoms with E-state index in [1.54, 1.807) is 17.0 Å². The van der Waals surface area contributed by atoms with Crippen molar-refractivity contribution in [3.8, 4) is 0 Å². The molecule has 3 amide bonds. The van der Waals surface area contributed by atoms with E-state index in [2.05, 4.69) is 10.6 Å². The van der Waals surface area contributed by atoms with Crippen LogP contribution in [-0.4, -0.2) is 30.2 Å². The van der Waals surface area contributed by atoms with Gasteiger partial charge in [0, 0.05) is 23.8 Å². The average molecular weight is 360 g/mol. The number of benzene rings is 2. The predicted molar refractivity (Wildman–Crippen MR) is 95.5 cm³/mol. The molecule has 1 heterocycles. The van der Waals surface area contributed by atoms with Gasteiger partial charge in [-0.05, 0) is 29.3 Å². The van der Waals surface area contributed by atoms with Gasteiger partial charge in [-0.15, -0.1) is 0 Å². The van der Waals surface area contributed by atoms with Gasteiger partial charge >= 0.3 is 12.1 Å². The number of carbonyl (C=O) groups excluding carboxylic acids is 2. The minimum atomic E-state index is -0.322. The first-order valence-electron chi connectivity index (χ1n) is 7.91. The number of urea groups is 1. The number of ether oxygens (including phenoxy) is 1. The summed E-state index contributed by atoms with van der Waals surface area (Å²) in [5.41, 5.74) is 2.42. The Bertz CT molecular complexity index is 782. The zero-order chi connectivity index (χ0) is 17.6. The molecule has 0 spiro atoms. The topological polar surface area (TPSA) is 70.7 Å². The van der Waals surface area contributed by atoms with E-state index in [0.717, 1.165) is 11.1 Å². The molecule has 0 bridgehead atoms. The van der Waals surface area contributed by atoms with Crippen molar-refractivity contribution in [2.24, 2.45) is 0 Å². The summed E-state index contributed by atoms with van der Waals surface area (Å²) in [5.74, 6) is 0. The van der Waals surface area contributed by atoms with Gasteiger partial charge in [-0.2, -0.15) is 0 Å². The van der Waals surface area contributed by atoms with E-state index in [1.807, 2.05) is 36.4 Å². The fourth-order valence-corrected chi connectivity index (χ4v) is 2.73. The molecule has 1 fully saturated rings. The maximum atomic E-state index is 12.1. The summed E-state index contributed by atoms with van der Waals surface area (Å²) in [7, 11) is 0. The summed E-state index contributed by atoms with van der Waals surface area (Å²) in [4.78, 5) is 25.2. The standard InChI is InChI=1S/C18H18ClN3O3/c19-16-7-2-1-5-14(16)11-20-17(23)21-15-6-3-4-13(10-15)12-22-8-9-25-18(22)24/h1-7,10H,8-9,11-12H2,(H2,20,21,23). The number of anilines is 1. The summed E-state index contributed by atoms with van der Waals surface area (Å²) in [6.07, 6.45) is -0.309. The van der Waals surface area contributed by atoms with Crippen LogP contribution in [0.2, 0.25) is 5.02 Å². The Morgan fingerprint density at radius 1 is 1.20 bits per heavy atom. The molecular weight excluding hydrogens is 342 g/mol. The number of halogens is 1. The lowest BCUT2D eigenvalue weighted by Crippen LogP contribution is -2.28. The van der Waals surface area contributed by atoms with Crippen LogP contribution in [0.3, 0.4) is 0 Å². The highest BCUT2D eigenvalue weighted by Crippen LogP contribution is 2.16. The minimum absolute atomic E-state index is 0.309. The smallest absolute Gasteiger partial charge is 0.410 e. The molecule has 0 radical (unpaired) electrons. The van der Waals surface area contributed by atoms with Crippen LogP contribution in [0.15, 0.2) is 48.5 Å². The molecular formula is C18H18ClN3O3. The van der Waals surface area contributed by atoms with Crippen molar-refractivity contribution < 1.29 is 14.3 Å². The van der Waals surface area contributed by atoms with Crippen LogP contribution in [0.4, 0.5) is 15.3 Å². The molecule has 7 heteroatoms. The Kier molecular flexibility index (Phi) is 5.40. The van der Waals surface area contributed by atoms with E-state index in [-0.39, 0.29) is 12.1 Å². The molecule has 0 aliphatic carbocycles. The molecule has 0 atom stereocenters. The number of rotatable bonds is 5. The Balaban J connectivity index is 1.55. The summed E-state index contributed by atoms with van der Waals surface area (Å²) >= 11 is 6.07. The third-order valence-corrected chi connectivity index (χ3v) is 4.17. The summed E-state index contributed by atoms with van der Waals surface area (Å²) in [6, 6.07) is 14.4. The van der Waals surface area contributed by atoms with Crippen LogP contribution in [0.25, 0.3) is 0 Å². The van der Waals surface area contributed by atoms with E-state index in [9.17, 15) is 9.59 Å². The van der Waals surface area contributed by atoms with E-state index >= 15 is 0 Å². The molecule has 0 unspecified atom stereocenters. The van der Waals surface area contributed by atoms with Crippen LogP contribution in [0.1, 0.15) is 11.1 Å². The van der Waals surface area contributed by atoms with Crippen molar-refractivity contribution in [1.82, 2.24) is 10.2 Å². The Morgan fingerprint density at radius 3 is 2.80 bits per heavy atom. The van der Waals surface area contributed by atoms with Gasteiger partial charge in [-0.25, -0.2) is 9.59 Å². The predicted octanol–water partition coefficient (Wildman–Crippen LogP) is 3.61. The molecule has 2 N–H and O–H groups in total. The second-order valence-electron chi connectivity index (χ2n) is 5.64. The van der Waals surface area contributed by atoms with E-state index < -0.39 is 0 Å². The number of carbonyl (C=O) groups is 2. The molecule has 2 aromatic carbocycles. The first-order chi connectivity index (χ1) is 12.1. The lowest BCUT2D eigenvalue weighted by Gasteiger charge is -2.14. The molecule has 25 heavy (non-hydrogen) atoms. The largest absolute Gasteiger partial charge is 0.448 e. The average Bonchev–Trinajstić information content (AvgIpc) is 2.99. The molecule has 130 valence electrons. The van der Waals surface area contributed by atoms with Gasteiger partial charge in [0.25, 0.3) is 0 Å². The first-order valence-corrected chi connectivity index (χ1v) is 8.28. The van der Waals surface area contributed by atoms with Crippen molar-refractivity contribution in [1.29, 1.82) is 0 Å². The van der Waals surface area contributed by atoms with Gasteiger partial charge < -0.3 is 20.3 Å². The molecule has 1 saturated heterocycles. The molecule has 1 aliphatic heterocycles. The van der Waals surface area contributed by atoms with E-state index in [0.29, 0.717) is 37.0 Å². The van der Waals surface area contributed by atoms with E-state index in [1.165, 1.54) is 0 Å². The number of hydrogen-bond acceptors (Lipinski definition) is 3. The normalized spacial score (nSPS) is 13.5. The number of cyclic esters (lactones) is 1. The quantitative estimate of drug-likeness (QED) is 0.856. The van der Waals surface area contributed by atoms with Crippen LogP contribution in [0, 0.1) is 0 Å². The third-order valence-electron chi connectivity index (χ3n) is 3.80. The second kappa shape index (κ2) is 7.90. The SMILES string of the molecule is O=C(NCc1ccccc1Cl)Nc1cccc(CN2CCOC2=O)c1. The Morgan fingerprint density at radius 2 is 2.04 bits per heavy atom. The highest BCUT2D eigenvalue weighted by atomic mass is 35.5. The third kappa shape index (κ3) is 4.64. The molecule has 0 saturated carbocycles. The van der Waals surface area contributed by atoms with Crippen LogP contribution in [-0.2, 0) is 17.8 Å². The first kappa shape index (κ1) is 17.1. The number of hydrogen-bond donors (Lipinski definition) is 2. The van der Waals surface area contributed by atoms with Crippen LogP contribution >= 0.6 is 11.6 Å². The maximum Gasteiger partial charge on any atom is 0.410 e. The van der Waals surface area contributed by atoms with E-state index in [4.69, 9.17) is 16.3 Å². The number of amides is 3. The monoisotopic (exact) mass is 359 g/mol. The molecule has 3 rings (SSSR count). The summed E-state index contributed by atoms with van der Waals surface area (Å²) in [6.45, 7) is 1.79. The number of nitrogens with one attached hydrogen (secondary N) is 2. The van der Waals surface area contributed by atoms with Gasteiger partial charge in [-0.3, -0.25) is 0 Å². The van der Waals surface area contributed by atoms with Crippen molar-refractivity contribution in [2.45, 2.75) is 13.1 Å². The van der Waals surface area contributed by atoms with Crippen molar-refractivity contribution >= 4 is 29.4 Å². The highest BCUT2D eigenvalue weighted by molar-refractivity contribution is 6.31. The van der Waals surface area contributed by atoms with Gasteiger partial charge in [0.15, 0.2) is 0 Å².